The fourth-order valence-corrected chi connectivity index (χ4v) is 4.18. The minimum atomic E-state index is -0.620. The quantitative estimate of drug-likeness (QED) is 0.794. The highest BCUT2D eigenvalue weighted by Gasteiger charge is 2.44. The summed E-state index contributed by atoms with van der Waals surface area (Å²) in [5, 5.41) is 0. The summed E-state index contributed by atoms with van der Waals surface area (Å²) in [6.45, 7) is 2.21. The first-order valence-electron chi connectivity index (χ1n) is 9.07. The van der Waals surface area contributed by atoms with E-state index in [4.69, 9.17) is 9.47 Å². The van der Waals surface area contributed by atoms with E-state index >= 15 is 0 Å². The molecule has 0 N–H and O–H groups in total. The minimum Gasteiger partial charge on any atom is -0.446 e. The second-order valence-electron chi connectivity index (χ2n) is 7.07. The maximum Gasteiger partial charge on any atom is 0.296 e. The molecule has 5 heteroatoms. The zero-order valence-electron chi connectivity index (χ0n) is 14.4. The zero-order chi connectivity index (χ0) is 17.6. The number of fused-ring (bicyclic) bond motifs is 2. The van der Waals surface area contributed by atoms with Crippen molar-refractivity contribution in [2.45, 2.75) is 31.2 Å². The van der Waals surface area contributed by atoms with Gasteiger partial charge in [0.15, 0.2) is 0 Å². The van der Waals surface area contributed by atoms with Crippen LogP contribution in [-0.2, 0) is 26.5 Å². The molecule has 5 rings (SSSR count). The monoisotopic (exact) mass is 348 g/mol. The van der Waals surface area contributed by atoms with Crippen LogP contribution in [0.1, 0.15) is 35.6 Å². The topological polar surface area (TPSA) is 51.1 Å². The van der Waals surface area contributed by atoms with Crippen molar-refractivity contribution in [3.05, 3.63) is 71.3 Å². The summed E-state index contributed by atoms with van der Waals surface area (Å²) in [6.07, 6.45) is 1.12. The van der Waals surface area contributed by atoms with Gasteiger partial charge in [-0.05, 0) is 24.0 Å². The van der Waals surface area contributed by atoms with Crippen LogP contribution >= 0.6 is 0 Å². The van der Waals surface area contributed by atoms with E-state index in [2.05, 4.69) is 34.2 Å². The van der Waals surface area contributed by atoms with Gasteiger partial charge in [-0.3, -0.25) is 4.79 Å². The average molecular weight is 348 g/mol. The van der Waals surface area contributed by atoms with Gasteiger partial charge in [-0.25, -0.2) is 0 Å². The molecular formula is C21H20N2O3. The number of benzene rings is 2. The lowest BCUT2D eigenvalue weighted by atomic mass is 9.84. The molecule has 0 aliphatic carbocycles. The summed E-state index contributed by atoms with van der Waals surface area (Å²) < 4.78 is 12.1. The van der Waals surface area contributed by atoms with Crippen LogP contribution in [0.5, 0.6) is 0 Å². The van der Waals surface area contributed by atoms with Crippen LogP contribution in [0.2, 0.25) is 0 Å². The van der Waals surface area contributed by atoms with E-state index in [1.54, 1.807) is 0 Å². The van der Waals surface area contributed by atoms with Gasteiger partial charge in [-0.15, -0.1) is 0 Å². The van der Waals surface area contributed by atoms with Gasteiger partial charge < -0.3 is 14.4 Å². The molecular weight excluding hydrogens is 328 g/mol. The van der Waals surface area contributed by atoms with E-state index in [1.165, 1.54) is 11.1 Å². The first-order chi connectivity index (χ1) is 12.8. The Hall–Kier alpha value is -2.66. The number of amidine groups is 1. The SMILES string of the molecule is O=C1N=C(N2CCC3(CC2)OCc2ccccc23)O[C@@H]1c1ccccc1. The van der Waals surface area contributed by atoms with Crippen molar-refractivity contribution in [3.8, 4) is 0 Å². The Morgan fingerprint density at radius 1 is 1.00 bits per heavy atom. The van der Waals surface area contributed by atoms with Crippen molar-refractivity contribution in [2.24, 2.45) is 4.99 Å². The number of carbonyl (C=O) groups excluding carboxylic acids is 1. The molecule has 0 bridgehead atoms. The molecule has 5 nitrogen and oxygen atoms in total. The number of hydrogen-bond donors (Lipinski definition) is 0. The van der Waals surface area contributed by atoms with Crippen LogP contribution in [0, 0.1) is 0 Å². The third-order valence-electron chi connectivity index (χ3n) is 5.61. The molecule has 26 heavy (non-hydrogen) atoms. The van der Waals surface area contributed by atoms with Crippen molar-refractivity contribution in [1.29, 1.82) is 0 Å². The Morgan fingerprint density at radius 2 is 1.73 bits per heavy atom. The van der Waals surface area contributed by atoms with Crippen molar-refractivity contribution >= 4 is 11.9 Å². The molecule has 1 spiro atoms. The highest BCUT2D eigenvalue weighted by Crippen LogP contribution is 2.44. The first kappa shape index (κ1) is 15.6. The number of nitrogens with zero attached hydrogens (tertiary/aromatic N) is 2. The molecule has 0 unspecified atom stereocenters. The van der Waals surface area contributed by atoms with E-state index in [1.807, 2.05) is 30.3 Å². The molecule has 2 aromatic carbocycles. The molecule has 3 aliphatic rings. The molecule has 1 atom stereocenters. The van der Waals surface area contributed by atoms with Crippen LogP contribution in [-0.4, -0.2) is 29.9 Å². The molecule has 0 aromatic heterocycles. The fourth-order valence-electron chi connectivity index (χ4n) is 4.18. The Labute approximate surface area is 152 Å². The van der Waals surface area contributed by atoms with E-state index < -0.39 is 6.10 Å². The summed E-state index contributed by atoms with van der Waals surface area (Å²) in [4.78, 5) is 18.5. The number of ether oxygens (including phenoxy) is 2. The molecule has 0 saturated carbocycles. The average Bonchev–Trinajstić information content (AvgIpc) is 3.25. The van der Waals surface area contributed by atoms with E-state index in [-0.39, 0.29) is 11.5 Å². The standard InChI is InChI=1S/C21H20N2O3/c24-19-18(15-6-2-1-3-7-15)26-20(22-19)23-12-10-21(11-13-23)17-9-5-4-8-16(17)14-25-21/h1-9,18H,10-14H2/t18-/m1/s1. The highest BCUT2D eigenvalue weighted by atomic mass is 16.5. The lowest BCUT2D eigenvalue weighted by Crippen LogP contribution is -2.45. The molecule has 1 fully saturated rings. The molecule has 3 heterocycles. The van der Waals surface area contributed by atoms with Crippen LogP contribution in [0.15, 0.2) is 59.6 Å². The molecule has 2 aromatic rings. The predicted molar refractivity (Wildman–Crippen MR) is 96.4 cm³/mol. The van der Waals surface area contributed by atoms with Crippen LogP contribution in [0.25, 0.3) is 0 Å². The number of likely N-dealkylation sites (tertiary alicyclic amines) is 1. The van der Waals surface area contributed by atoms with E-state index in [0.29, 0.717) is 12.6 Å². The number of carbonyl (C=O) groups is 1. The second kappa shape index (κ2) is 5.95. The lowest BCUT2D eigenvalue weighted by Gasteiger charge is -2.39. The molecule has 3 aliphatic heterocycles. The number of aliphatic imine (C=N–C) groups is 1. The lowest BCUT2D eigenvalue weighted by molar-refractivity contribution is -0.123. The third kappa shape index (κ3) is 2.42. The van der Waals surface area contributed by atoms with Crippen LogP contribution in [0.3, 0.4) is 0 Å². The van der Waals surface area contributed by atoms with Gasteiger partial charge in [0.1, 0.15) is 0 Å². The fraction of sp³-hybridized carbons (Fsp3) is 0.333. The van der Waals surface area contributed by atoms with Crippen LogP contribution < -0.4 is 0 Å². The highest BCUT2D eigenvalue weighted by molar-refractivity contribution is 5.99. The summed E-state index contributed by atoms with van der Waals surface area (Å²) in [7, 11) is 0. The van der Waals surface area contributed by atoms with Crippen molar-refractivity contribution in [1.82, 2.24) is 4.90 Å². The molecule has 1 saturated heterocycles. The summed E-state index contributed by atoms with van der Waals surface area (Å²) in [5.41, 5.74) is 3.24. The Kier molecular flexibility index (Phi) is 3.57. The Morgan fingerprint density at radius 3 is 2.54 bits per heavy atom. The first-order valence-corrected chi connectivity index (χ1v) is 9.07. The van der Waals surface area contributed by atoms with Crippen LogP contribution in [0.4, 0.5) is 0 Å². The molecule has 1 amide bonds. The van der Waals surface area contributed by atoms with Gasteiger partial charge in [0.2, 0.25) is 6.10 Å². The number of amides is 1. The Balaban J connectivity index is 1.30. The maximum absolute atomic E-state index is 12.3. The van der Waals surface area contributed by atoms with Crippen molar-refractivity contribution in [2.75, 3.05) is 13.1 Å². The second-order valence-corrected chi connectivity index (χ2v) is 7.07. The third-order valence-corrected chi connectivity index (χ3v) is 5.61. The minimum absolute atomic E-state index is 0.199. The van der Waals surface area contributed by atoms with Gasteiger partial charge in [-0.2, -0.15) is 4.99 Å². The Bertz CT molecular complexity index is 870. The molecule has 0 radical (unpaired) electrons. The number of hydrogen-bond acceptors (Lipinski definition) is 4. The van der Waals surface area contributed by atoms with Gasteiger partial charge in [0.05, 0.1) is 12.2 Å². The predicted octanol–water partition coefficient (Wildman–Crippen LogP) is 3.16. The van der Waals surface area contributed by atoms with E-state index in [9.17, 15) is 4.79 Å². The largest absolute Gasteiger partial charge is 0.446 e. The molecule has 132 valence electrons. The zero-order valence-corrected chi connectivity index (χ0v) is 14.4. The normalized spacial score (nSPS) is 23.7. The maximum atomic E-state index is 12.3. The number of piperidine rings is 1. The van der Waals surface area contributed by atoms with Gasteiger partial charge >= 0.3 is 0 Å². The van der Waals surface area contributed by atoms with Gasteiger partial charge in [0.25, 0.3) is 11.9 Å². The smallest absolute Gasteiger partial charge is 0.296 e. The van der Waals surface area contributed by atoms with Gasteiger partial charge in [0, 0.05) is 18.7 Å². The van der Waals surface area contributed by atoms with E-state index in [0.717, 1.165) is 31.5 Å². The summed E-state index contributed by atoms with van der Waals surface area (Å²) in [6, 6.07) is 18.4. The summed E-state index contributed by atoms with van der Waals surface area (Å²) >= 11 is 0. The van der Waals surface area contributed by atoms with Gasteiger partial charge in [-0.1, -0.05) is 54.6 Å². The van der Waals surface area contributed by atoms with Crippen molar-refractivity contribution in [3.63, 3.8) is 0 Å². The number of rotatable bonds is 1. The summed E-state index contributed by atoms with van der Waals surface area (Å²) in [5.74, 6) is -0.228. The van der Waals surface area contributed by atoms with Crippen molar-refractivity contribution < 1.29 is 14.3 Å².